The molecule has 0 spiro atoms. The molecular weight excluding hydrogens is 387 g/mol. The lowest BCUT2D eigenvalue weighted by atomic mass is 10.2. The Balaban J connectivity index is 2.03. The summed E-state index contributed by atoms with van der Waals surface area (Å²) in [5.41, 5.74) is 0.288. The quantitative estimate of drug-likeness (QED) is 0.615. The molecule has 0 unspecified atom stereocenters. The molecule has 9 heteroatoms. The summed E-state index contributed by atoms with van der Waals surface area (Å²) in [6.07, 6.45) is 3.51. The van der Waals surface area contributed by atoms with Crippen LogP contribution < -0.4 is 10.6 Å². The fraction of sp³-hybridized carbons (Fsp3) is 0.368. The van der Waals surface area contributed by atoms with Crippen molar-refractivity contribution in [3.63, 3.8) is 0 Å². The molecule has 2 amide bonds. The number of anilines is 2. The molecule has 0 aliphatic carbocycles. The third-order valence-corrected chi connectivity index (χ3v) is 5.62. The molecule has 28 heavy (non-hydrogen) atoms. The van der Waals surface area contributed by atoms with E-state index in [9.17, 15) is 22.4 Å². The second-order valence-electron chi connectivity index (χ2n) is 6.39. The van der Waals surface area contributed by atoms with E-state index in [0.29, 0.717) is 12.2 Å². The number of amides is 2. The number of carbonyl (C=O) groups is 2. The number of carbonyl (C=O) groups excluding carboxylic acids is 2. The van der Waals surface area contributed by atoms with Gasteiger partial charge in [0.05, 0.1) is 23.3 Å². The molecule has 2 aromatic rings. The summed E-state index contributed by atoms with van der Waals surface area (Å²) in [4.78, 5) is 24.2. The Morgan fingerprint density at radius 1 is 1.14 bits per heavy atom. The van der Waals surface area contributed by atoms with Crippen molar-refractivity contribution < 1.29 is 26.8 Å². The van der Waals surface area contributed by atoms with Crippen LogP contribution in [0.25, 0.3) is 0 Å². The van der Waals surface area contributed by atoms with Gasteiger partial charge >= 0.3 is 0 Å². The zero-order valence-corrected chi connectivity index (χ0v) is 16.6. The zero-order valence-electron chi connectivity index (χ0n) is 15.7. The minimum absolute atomic E-state index is 0.0525. The molecule has 1 aromatic heterocycles. The van der Waals surface area contributed by atoms with Crippen LogP contribution in [0, 0.1) is 12.7 Å². The van der Waals surface area contributed by atoms with Crippen molar-refractivity contribution in [3.8, 4) is 0 Å². The van der Waals surface area contributed by atoms with Crippen molar-refractivity contribution in [2.24, 2.45) is 0 Å². The standard InChI is InChI=1S/C19H23FN2O5S/c1-3-4-5-10-28(25,26)12-18(23)21-14-6-7-16(20)17(11-14)22-19(24)15-8-9-27-13(15)2/h6-9,11H,3-5,10,12H2,1-2H3,(H,21,23)(H,22,24). The Labute approximate surface area is 163 Å². The molecule has 0 fully saturated rings. The molecule has 0 bridgehead atoms. The first kappa shape index (κ1) is 21.6. The third-order valence-electron chi connectivity index (χ3n) is 4.01. The van der Waals surface area contributed by atoms with Gasteiger partial charge in [-0.3, -0.25) is 9.59 Å². The van der Waals surface area contributed by atoms with E-state index in [0.717, 1.165) is 18.9 Å². The second-order valence-corrected chi connectivity index (χ2v) is 8.57. The molecular formula is C19H23FN2O5S. The van der Waals surface area contributed by atoms with Crippen LogP contribution in [0.4, 0.5) is 15.8 Å². The Morgan fingerprint density at radius 3 is 2.54 bits per heavy atom. The van der Waals surface area contributed by atoms with Gasteiger partial charge in [0.25, 0.3) is 5.91 Å². The van der Waals surface area contributed by atoms with Gasteiger partial charge in [-0.25, -0.2) is 12.8 Å². The van der Waals surface area contributed by atoms with E-state index in [-0.39, 0.29) is 22.7 Å². The van der Waals surface area contributed by atoms with Crippen molar-refractivity contribution in [2.75, 3.05) is 22.1 Å². The summed E-state index contributed by atoms with van der Waals surface area (Å²) in [5, 5.41) is 4.83. The van der Waals surface area contributed by atoms with E-state index in [2.05, 4.69) is 10.6 Å². The highest BCUT2D eigenvalue weighted by Gasteiger charge is 2.18. The topological polar surface area (TPSA) is 105 Å². The lowest BCUT2D eigenvalue weighted by Gasteiger charge is -2.10. The number of furan rings is 1. The van der Waals surface area contributed by atoms with Gasteiger partial charge in [-0.2, -0.15) is 0 Å². The maximum atomic E-state index is 14.0. The zero-order chi connectivity index (χ0) is 20.7. The van der Waals surface area contributed by atoms with E-state index in [1.807, 2.05) is 6.92 Å². The molecule has 0 saturated heterocycles. The normalized spacial score (nSPS) is 11.2. The molecule has 7 nitrogen and oxygen atoms in total. The van der Waals surface area contributed by atoms with Gasteiger partial charge < -0.3 is 15.1 Å². The summed E-state index contributed by atoms with van der Waals surface area (Å²) >= 11 is 0. The molecule has 0 atom stereocenters. The van der Waals surface area contributed by atoms with E-state index < -0.39 is 33.2 Å². The highest BCUT2D eigenvalue weighted by molar-refractivity contribution is 7.92. The van der Waals surface area contributed by atoms with Crippen LogP contribution in [0.2, 0.25) is 0 Å². The van der Waals surface area contributed by atoms with Crippen LogP contribution in [0.15, 0.2) is 34.9 Å². The molecule has 1 heterocycles. The Hall–Kier alpha value is -2.68. The van der Waals surface area contributed by atoms with E-state index >= 15 is 0 Å². The van der Waals surface area contributed by atoms with Crippen LogP contribution >= 0.6 is 0 Å². The molecule has 0 aliphatic rings. The van der Waals surface area contributed by atoms with Crippen molar-refractivity contribution in [1.29, 1.82) is 0 Å². The van der Waals surface area contributed by atoms with Crippen LogP contribution in [0.3, 0.4) is 0 Å². The van der Waals surface area contributed by atoms with Crippen molar-refractivity contribution in [1.82, 2.24) is 0 Å². The summed E-state index contributed by atoms with van der Waals surface area (Å²) in [7, 11) is -3.51. The number of hydrogen-bond acceptors (Lipinski definition) is 5. The van der Waals surface area contributed by atoms with Crippen LogP contribution in [0.5, 0.6) is 0 Å². The van der Waals surface area contributed by atoms with Crippen LogP contribution in [0.1, 0.15) is 42.3 Å². The lowest BCUT2D eigenvalue weighted by Crippen LogP contribution is -2.25. The monoisotopic (exact) mass is 410 g/mol. The SMILES string of the molecule is CCCCCS(=O)(=O)CC(=O)Nc1ccc(F)c(NC(=O)c2ccoc2C)c1. The van der Waals surface area contributed by atoms with Crippen molar-refractivity contribution in [3.05, 3.63) is 47.7 Å². The smallest absolute Gasteiger partial charge is 0.259 e. The Morgan fingerprint density at radius 2 is 1.89 bits per heavy atom. The number of sulfone groups is 1. The third kappa shape index (κ3) is 6.19. The number of benzene rings is 1. The minimum Gasteiger partial charge on any atom is -0.469 e. The first-order chi connectivity index (χ1) is 13.2. The average Bonchev–Trinajstić information content (AvgIpc) is 3.03. The first-order valence-electron chi connectivity index (χ1n) is 8.87. The number of rotatable bonds is 9. The predicted molar refractivity (Wildman–Crippen MR) is 105 cm³/mol. The molecule has 2 rings (SSSR count). The molecule has 2 N–H and O–H groups in total. The maximum Gasteiger partial charge on any atom is 0.259 e. The van der Waals surface area contributed by atoms with Gasteiger partial charge in [-0.05, 0) is 37.6 Å². The van der Waals surface area contributed by atoms with Gasteiger partial charge in [0, 0.05) is 5.69 Å². The van der Waals surface area contributed by atoms with E-state index in [1.54, 1.807) is 6.92 Å². The maximum absolute atomic E-state index is 14.0. The predicted octanol–water partition coefficient (Wildman–Crippen LogP) is 3.52. The summed E-state index contributed by atoms with van der Waals surface area (Å²) in [6.45, 7) is 3.56. The molecule has 0 saturated carbocycles. The molecule has 0 radical (unpaired) electrons. The highest BCUT2D eigenvalue weighted by Crippen LogP contribution is 2.21. The van der Waals surface area contributed by atoms with Crippen molar-refractivity contribution >= 4 is 33.0 Å². The lowest BCUT2D eigenvalue weighted by molar-refractivity contribution is -0.113. The highest BCUT2D eigenvalue weighted by atomic mass is 32.2. The van der Waals surface area contributed by atoms with Gasteiger partial charge in [0.2, 0.25) is 5.91 Å². The van der Waals surface area contributed by atoms with Crippen LogP contribution in [-0.2, 0) is 14.6 Å². The van der Waals surface area contributed by atoms with E-state index in [1.165, 1.54) is 24.5 Å². The molecule has 1 aromatic carbocycles. The average molecular weight is 410 g/mol. The van der Waals surface area contributed by atoms with Gasteiger partial charge in [-0.15, -0.1) is 0 Å². The Bertz CT molecular complexity index is 953. The number of nitrogens with one attached hydrogen (secondary N) is 2. The van der Waals surface area contributed by atoms with Gasteiger partial charge in [0.1, 0.15) is 17.3 Å². The number of unbranched alkanes of at least 4 members (excludes halogenated alkanes) is 2. The molecule has 0 aliphatic heterocycles. The first-order valence-corrected chi connectivity index (χ1v) is 10.7. The van der Waals surface area contributed by atoms with Gasteiger partial charge in [-0.1, -0.05) is 19.8 Å². The van der Waals surface area contributed by atoms with Crippen molar-refractivity contribution in [2.45, 2.75) is 33.1 Å². The number of hydrogen-bond donors (Lipinski definition) is 2. The number of halogens is 1. The molecule has 152 valence electrons. The number of aryl methyl sites for hydroxylation is 1. The van der Waals surface area contributed by atoms with Gasteiger partial charge in [0.15, 0.2) is 9.84 Å². The second kappa shape index (κ2) is 9.50. The summed E-state index contributed by atoms with van der Waals surface area (Å²) in [5.74, 6) is -2.29. The van der Waals surface area contributed by atoms with Crippen LogP contribution in [-0.4, -0.2) is 31.7 Å². The Kier molecular flexibility index (Phi) is 7.33. The largest absolute Gasteiger partial charge is 0.469 e. The fourth-order valence-electron chi connectivity index (χ4n) is 2.55. The fourth-order valence-corrected chi connectivity index (χ4v) is 3.81. The summed E-state index contributed by atoms with van der Waals surface area (Å²) in [6, 6.07) is 5.04. The van der Waals surface area contributed by atoms with E-state index in [4.69, 9.17) is 4.42 Å². The minimum atomic E-state index is -3.51. The summed E-state index contributed by atoms with van der Waals surface area (Å²) < 4.78 is 42.9.